The Hall–Kier alpha value is -6.20. The lowest BCUT2D eigenvalue weighted by atomic mass is 9.96. The van der Waals surface area contributed by atoms with Crippen LogP contribution in [0.1, 0.15) is 0 Å². The van der Waals surface area contributed by atoms with Crippen molar-refractivity contribution in [2.45, 2.75) is 0 Å². The second-order valence-corrected chi connectivity index (χ2v) is 11.1. The van der Waals surface area contributed by atoms with Gasteiger partial charge < -0.3 is 4.42 Å². The molecule has 3 aromatic heterocycles. The quantitative estimate of drug-likeness (QED) is 0.209. The third-order valence-electron chi connectivity index (χ3n) is 8.34. The van der Waals surface area contributed by atoms with Crippen LogP contribution in [-0.4, -0.2) is 19.9 Å². The van der Waals surface area contributed by atoms with E-state index in [1.807, 2.05) is 72.9 Å². The third kappa shape index (κ3) is 4.33. The molecule has 9 aromatic rings. The molecule has 0 radical (unpaired) electrons. The lowest BCUT2D eigenvalue weighted by molar-refractivity contribution is 0.669. The maximum absolute atomic E-state index is 6.34. The van der Waals surface area contributed by atoms with Crippen LogP contribution in [0, 0.1) is 0 Å². The summed E-state index contributed by atoms with van der Waals surface area (Å²) < 4.78 is 6.34. The Kier molecular flexibility index (Phi) is 5.74. The fourth-order valence-corrected chi connectivity index (χ4v) is 6.18. The second-order valence-electron chi connectivity index (χ2n) is 11.1. The molecule has 9 rings (SSSR count). The normalized spacial score (nSPS) is 11.6. The number of rotatable bonds is 4. The summed E-state index contributed by atoms with van der Waals surface area (Å²) in [5, 5.41) is 6.58. The van der Waals surface area contributed by atoms with E-state index in [0.717, 1.165) is 66.0 Å². The highest BCUT2D eigenvalue weighted by atomic mass is 16.3. The van der Waals surface area contributed by atoms with E-state index in [4.69, 9.17) is 24.4 Å². The molecule has 0 atom stereocenters. The van der Waals surface area contributed by atoms with Gasteiger partial charge in [0, 0.05) is 33.8 Å². The van der Waals surface area contributed by atoms with Crippen molar-refractivity contribution in [3.05, 3.63) is 146 Å². The number of hydrogen-bond donors (Lipinski definition) is 0. The summed E-state index contributed by atoms with van der Waals surface area (Å²) in [4.78, 5) is 19.6. The van der Waals surface area contributed by atoms with Gasteiger partial charge in [-0.15, -0.1) is 0 Å². The van der Waals surface area contributed by atoms with Crippen molar-refractivity contribution in [1.82, 2.24) is 19.9 Å². The Labute approximate surface area is 258 Å². The minimum atomic E-state index is 0.628. The van der Waals surface area contributed by atoms with Crippen LogP contribution in [0.4, 0.5) is 0 Å². The van der Waals surface area contributed by atoms with Crippen LogP contribution in [0.5, 0.6) is 0 Å². The molecule has 0 aliphatic carbocycles. The van der Waals surface area contributed by atoms with E-state index in [0.29, 0.717) is 17.5 Å². The summed E-state index contributed by atoms with van der Waals surface area (Å²) in [6.45, 7) is 0. The van der Waals surface area contributed by atoms with E-state index in [-0.39, 0.29) is 0 Å². The fourth-order valence-electron chi connectivity index (χ4n) is 6.18. The molecule has 5 heteroatoms. The first-order valence-electron chi connectivity index (χ1n) is 14.9. The minimum absolute atomic E-state index is 0.628. The van der Waals surface area contributed by atoms with Gasteiger partial charge in [0.25, 0.3) is 0 Å². The van der Waals surface area contributed by atoms with Crippen molar-refractivity contribution < 1.29 is 4.42 Å². The van der Waals surface area contributed by atoms with Crippen molar-refractivity contribution in [1.29, 1.82) is 0 Å². The highest BCUT2D eigenvalue weighted by molar-refractivity contribution is 6.16. The Morgan fingerprint density at radius 1 is 0.422 bits per heavy atom. The number of furan rings is 1. The first-order chi connectivity index (χ1) is 22.3. The molecule has 0 saturated heterocycles. The molecule has 3 heterocycles. The van der Waals surface area contributed by atoms with Gasteiger partial charge in [0.1, 0.15) is 11.2 Å². The largest absolute Gasteiger partial charge is 0.456 e. The SMILES string of the molecule is c1ccc(-c2nc(-c3ccccc3)nc(-c3ccc4c(-c5nccc6oc7cc8ccccc8cc7c56)cccc4c3)n2)cc1. The topological polar surface area (TPSA) is 64.7 Å². The zero-order valence-corrected chi connectivity index (χ0v) is 24.1. The molecule has 0 fully saturated rings. The number of fused-ring (bicyclic) bond motifs is 5. The Bertz CT molecular complexity index is 2480. The summed E-state index contributed by atoms with van der Waals surface area (Å²) in [5.41, 5.74) is 6.44. The van der Waals surface area contributed by atoms with E-state index < -0.39 is 0 Å². The summed E-state index contributed by atoms with van der Waals surface area (Å²) in [6.07, 6.45) is 1.83. The first kappa shape index (κ1) is 25.3. The van der Waals surface area contributed by atoms with Gasteiger partial charge in [0.15, 0.2) is 17.5 Å². The monoisotopic (exact) mass is 576 g/mol. The van der Waals surface area contributed by atoms with Crippen molar-refractivity contribution in [2.24, 2.45) is 0 Å². The van der Waals surface area contributed by atoms with Crippen molar-refractivity contribution in [2.75, 3.05) is 0 Å². The predicted molar refractivity (Wildman–Crippen MR) is 182 cm³/mol. The smallest absolute Gasteiger partial charge is 0.164 e. The van der Waals surface area contributed by atoms with Gasteiger partial charge in [-0.25, -0.2) is 15.0 Å². The molecule has 5 nitrogen and oxygen atoms in total. The third-order valence-corrected chi connectivity index (χ3v) is 8.34. The number of aromatic nitrogens is 4. The molecule has 0 N–H and O–H groups in total. The Balaban J connectivity index is 1.22. The maximum atomic E-state index is 6.34. The molecule has 0 saturated carbocycles. The molecule has 0 unspecified atom stereocenters. The number of nitrogens with zero attached hydrogens (tertiary/aromatic N) is 4. The van der Waals surface area contributed by atoms with E-state index in [9.17, 15) is 0 Å². The van der Waals surface area contributed by atoms with Gasteiger partial charge in [0.05, 0.1) is 11.1 Å². The predicted octanol–water partition coefficient (Wildman–Crippen LogP) is 10.1. The van der Waals surface area contributed by atoms with E-state index in [2.05, 4.69) is 72.8 Å². The average Bonchev–Trinajstić information content (AvgIpc) is 3.48. The van der Waals surface area contributed by atoms with Crippen LogP contribution >= 0.6 is 0 Å². The van der Waals surface area contributed by atoms with Crippen molar-refractivity contribution in [3.63, 3.8) is 0 Å². The Morgan fingerprint density at radius 3 is 1.76 bits per heavy atom. The molecule has 210 valence electrons. The van der Waals surface area contributed by atoms with Crippen molar-refractivity contribution >= 4 is 43.5 Å². The van der Waals surface area contributed by atoms with Crippen molar-refractivity contribution in [3.8, 4) is 45.4 Å². The van der Waals surface area contributed by atoms with Gasteiger partial charge >= 0.3 is 0 Å². The first-order valence-corrected chi connectivity index (χ1v) is 14.9. The lowest BCUT2D eigenvalue weighted by Gasteiger charge is -2.11. The highest BCUT2D eigenvalue weighted by Crippen LogP contribution is 2.40. The molecule has 0 spiro atoms. The van der Waals surface area contributed by atoms with E-state index in [1.54, 1.807) is 0 Å². The highest BCUT2D eigenvalue weighted by Gasteiger charge is 2.17. The number of benzene rings is 6. The minimum Gasteiger partial charge on any atom is -0.456 e. The van der Waals surface area contributed by atoms with Crippen LogP contribution < -0.4 is 0 Å². The van der Waals surface area contributed by atoms with Crippen LogP contribution in [0.15, 0.2) is 150 Å². The van der Waals surface area contributed by atoms with Crippen LogP contribution in [-0.2, 0) is 0 Å². The molecule has 0 aliphatic rings. The van der Waals surface area contributed by atoms with Crippen LogP contribution in [0.25, 0.3) is 88.9 Å². The molecule has 0 aliphatic heterocycles. The van der Waals surface area contributed by atoms with Gasteiger partial charge in [-0.3, -0.25) is 4.98 Å². The summed E-state index contributed by atoms with van der Waals surface area (Å²) in [5.74, 6) is 1.91. The van der Waals surface area contributed by atoms with Gasteiger partial charge in [0.2, 0.25) is 0 Å². The van der Waals surface area contributed by atoms with E-state index in [1.165, 1.54) is 5.39 Å². The standard InChI is InChI=1S/C40H24N4O/c1-3-10-25(11-4-1)38-42-39(26-12-5-2-6-13-26)44-40(43-38)30-18-19-31-29(22-30)16-9-17-32(31)37-36-33-23-27-14-7-8-15-28(27)24-35(33)45-34(36)20-21-41-37/h1-24H. The molecular weight excluding hydrogens is 552 g/mol. The van der Waals surface area contributed by atoms with Gasteiger partial charge in [-0.05, 0) is 45.8 Å². The fraction of sp³-hybridized carbons (Fsp3) is 0. The molecular formula is C40H24N4O. The number of hydrogen-bond acceptors (Lipinski definition) is 5. The van der Waals surface area contributed by atoms with Gasteiger partial charge in [-0.1, -0.05) is 115 Å². The summed E-state index contributed by atoms with van der Waals surface area (Å²) in [7, 11) is 0. The maximum Gasteiger partial charge on any atom is 0.164 e. The molecule has 0 bridgehead atoms. The summed E-state index contributed by atoms with van der Waals surface area (Å²) in [6, 6.07) is 47.4. The Morgan fingerprint density at radius 2 is 1.04 bits per heavy atom. The summed E-state index contributed by atoms with van der Waals surface area (Å²) >= 11 is 0. The molecule has 45 heavy (non-hydrogen) atoms. The lowest BCUT2D eigenvalue weighted by Crippen LogP contribution is -2.00. The van der Waals surface area contributed by atoms with E-state index >= 15 is 0 Å². The van der Waals surface area contributed by atoms with Crippen LogP contribution in [0.3, 0.4) is 0 Å². The average molecular weight is 577 g/mol. The molecule has 6 aromatic carbocycles. The molecule has 0 amide bonds. The van der Waals surface area contributed by atoms with Crippen LogP contribution in [0.2, 0.25) is 0 Å². The zero-order valence-electron chi connectivity index (χ0n) is 24.1. The second kappa shape index (κ2) is 10.2. The zero-order chi connectivity index (χ0) is 29.7. The number of pyridine rings is 1. The van der Waals surface area contributed by atoms with Gasteiger partial charge in [-0.2, -0.15) is 0 Å².